The van der Waals surface area contributed by atoms with Gasteiger partial charge in [0.2, 0.25) is 11.0 Å². The molecule has 0 aliphatic rings. The fourth-order valence-corrected chi connectivity index (χ4v) is 2.54. The number of carbonyl (C=O) groups excluding carboxylic acids is 1. The van der Waals surface area contributed by atoms with Gasteiger partial charge in [-0.15, -0.1) is 10.2 Å². The average molecular weight is 290 g/mol. The Balaban J connectivity index is 2.04. The third-order valence-corrected chi connectivity index (χ3v) is 3.73. The van der Waals surface area contributed by atoms with Crippen LogP contribution in [0.25, 0.3) is 0 Å². The first-order chi connectivity index (χ1) is 8.58. The molecule has 0 radical (unpaired) electrons. The molecule has 0 aromatic carbocycles. The van der Waals surface area contributed by atoms with Gasteiger partial charge in [0, 0.05) is 13.2 Å². The summed E-state index contributed by atoms with van der Waals surface area (Å²) < 4.78 is 6.08. The average Bonchev–Trinajstić information content (AvgIpc) is 2.71. The summed E-state index contributed by atoms with van der Waals surface area (Å²) >= 11 is 2.62. The van der Waals surface area contributed by atoms with Crippen LogP contribution >= 0.6 is 23.1 Å². The summed E-state index contributed by atoms with van der Waals surface area (Å²) in [5.74, 6) is 0.318. The minimum atomic E-state index is -0.0154. The number of thioether (sulfide) groups is 1. The highest BCUT2D eigenvalue weighted by Gasteiger charge is 2.06. The fraction of sp³-hybridized carbons (Fsp3) is 0.700. The van der Waals surface area contributed by atoms with Crippen LogP contribution in [-0.4, -0.2) is 41.1 Å². The number of nitrogens with two attached hydrogens (primary N) is 1. The van der Waals surface area contributed by atoms with E-state index in [4.69, 9.17) is 10.5 Å². The first-order valence-corrected chi connectivity index (χ1v) is 7.48. The molecule has 0 saturated carbocycles. The van der Waals surface area contributed by atoms with Crippen molar-refractivity contribution in [2.45, 2.75) is 30.7 Å². The third kappa shape index (κ3) is 6.77. The number of anilines is 1. The number of rotatable bonds is 8. The number of nitrogen functional groups attached to an aromatic ring is 1. The van der Waals surface area contributed by atoms with Crippen LogP contribution < -0.4 is 11.1 Å². The maximum absolute atomic E-state index is 11.5. The van der Waals surface area contributed by atoms with E-state index in [9.17, 15) is 4.79 Å². The molecule has 0 bridgehead atoms. The Morgan fingerprint density at radius 1 is 1.56 bits per heavy atom. The minimum Gasteiger partial charge on any atom is -0.379 e. The van der Waals surface area contributed by atoms with Crippen molar-refractivity contribution in [3.05, 3.63) is 0 Å². The Morgan fingerprint density at radius 3 is 2.94 bits per heavy atom. The molecule has 0 aliphatic heterocycles. The summed E-state index contributed by atoms with van der Waals surface area (Å²) in [5.41, 5.74) is 5.44. The van der Waals surface area contributed by atoms with Crippen molar-refractivity contribution in [1.29, 1.82) is 0 Å². The Bertz CT molecular complexity index is 371. The van der Waals surface area contributed by atoms with Crippen molar-refractivity contribution in [3.8, 4) is 0 Å². The maximum atomic E-state index is 11.5. The van der Waals surface area contributed by atoms with Crippen LogP contribution in [0.4, 0.5) is 5.13 Å². The van der Waals surface area contributed by atoms with Gasteiger partial charge in [0.1, 0.15) is 0 Å². The molecule has 1 amide bonds. The lowest BCUT2D eigenvalue weighted by Crippen LogP contribution is -2.27. The quantitative estimate of drug-likeness (QED) is 0.551. The molecule has 1 rings (SSSR count). The summed E-state index contributed by atoms with van der Waals surface area (Å²) in [6.07, 6.45) is 1.06. The monoisotopic (exact) mass is 290 g/mol. The summed E-state index contributed by atoms with van der Waals surface area (Å²) in [7, 11) is 0. The highest BCUT2D eigenvalue weighted by molar-refractivity contribution is 8.01. The first-order valence-electron chi connectivity index (χ1n) is 5.68. The molecular weight excluding hydrogens is 272 g/mol. The molecular formula is C10H18N4O2S2. The van der Waals surface area contributed by atoms with Gasteiger partial charge in [-0.2, -0.15) is 0 Å². The van der Waals surface area contributed by atoms with E-state index in [0.717, 1.165) is 6.42 Å². The van der Waals surface area contributed by atoms with E-state index in [1.54, 1.807) is 0 Å². The van der Waals surface area contributed by atoms with Gasteiger partial charge in [0.05, 0.1) is 11.9 Å². The zero-order valence-electron chi connectivity index (χ0n) is 10.5. The van der Waals surface area contributed by atoms with Gasteiger partial charge < -0.3 is 15.8 Å². The largest absolute Gasteiger partial charge is 0.379 e. The predicted molar refractivity (Wildman–Crippen MR) is 73.8 cm³/mol. The van der Waals surface area contributed by atoms with Crippen molar-refractivity contribution in [2.24, 2.45) is 0 Å². The second-order valence-electron chi connectivity index (χ2n) is 3.82. The Morgan fingerprint density at radius 2 is 2.33 bits per heavy atom. The SMILES string of the molecule is CC(C)OCCCNC(=O)CSc1nnc(N)s1. The lowest BCUT2D eigenvalue weighted by Gasteiger charge is -2.07. The number of hydrogen-bond donors (Lipinski definition) is 2. The summed E-state index contributed by atoms with van der Waals surface area (Å²) in [5, 5.41) is 10.7. The smallest absolute Gasteiger partial charge is 0.230 e. The Kier molecular flexibility index (Phi) is 6.99. The molecule has 0 atom stereocenters. The van der Waals surface area contributed by atoms with Gasteiger partial charge in [-0.25, -0.2) is 0 Å². The number of ether oxygens (including phenoxy) is 1. The van der Waals surface area contributed by atoms with Gasteiger partial charge >= 0.3 is 0 Å². The zero-order valence-corrected chi connectivity index (χ0v) is 12.1. The maximum Gasteiger partial charge on any atom is 0.230 e. The van der Waals surface area contributed by atoms with E-state index in [1.807, 2.05) is 13.8 Å². The highest BCUT2D eigenvalue weighted by Crippen LogP contribution is 2.22. The van der Waals surface area contributed by atoms with Crippen LogP contribution in [0.1, 0.15) is 20.3 Å². The van der Waals surface area contributed by atoms with E-state index < -0.39 is 0 Å². The van der Waals surface area contributed by atoms with Crippen LogP contribution in [0.3, 0.4) is 0 Å². The van der Waals surface area contributed by atoms with E-state index in [1.165, 1.54) is 23.1 Å². The van der Waals surface area contributed by atoms with E-state index in [0.29, 0.717) is 28.4 Å². The van der Waals surface area contributed by atoms with Gasteiger partial charge in [-0.3, -0.25) is 4.79 Å². The first kappa shape index (κ1) is 15.2. The minimum absolute atomic E-state index is 0.0154. The molecule has 1 heterocycles. The van der Waals surface area contributed by atoms with Crippen LogP contribution in [0.5, 0.6) is 0 Å². The Hall–Kier alpha value is -0.860. The molecule has 3 N–H and O–H groups in total. The van der Waals surface area contributed by atoms with Gasteiger partial charge in [0.15, 0.2) is 4.34 Å². The molecule has 1 aromatic rings. The molecule has 1 aromatic heterocycles. The van der Waals surface area contributed by atoms with Crippen LogP contribution in [0, 0.1) is 0 Å². The standard InChI is InChI=1S/C10H18N4O2S2/c1-7(2)16-5-3-4-12-8(15)6-17-10-14-13-9(11)18-10/h7H,3-6H2,1-2H3,(H2,11,13)(H,12,15). The normalized spacial score (nSPS) is 10.8. The second-order valence-corrected chi connectivity index (χ2v) is 6.05. The zero-order chi connectivity index (χ0) is 13.4. The van der Waals surface area contributed by atoms with Crippen molar-refractivity contribution in [1.82, 2.24) is 15.5 Å². The van der Waals surface area contributed by atoms with Crippen molar-refractivity contribution >= 4 is 34.1 Å². The number of nitrogens with one attached hydrogen (secondary N) is 1. The molecule has 8 heteroatoms. The van der Waals surface area contributed by atoms with Crippen LogP contribution in [-0.2, 0) is 9.53 Å². The molecule has 6 nitrogen and oxygen atoms in total. The highest BCUT2D eigenvalue weighted by atomic mass is 32.2. The van der Waals surface area contributed by atoms with E-state index >= 15 is 0 Å². The molecule has 102 valence electrons. The number of aromatic nitrogens is 2. The number of nitrogens with zero attached hydrogens (tertiary/aromatic N) is 2. The predicted octanol–water partition coefficient (Wildman–Crippen LogP) is 1.14. The molecule has 0 unspecified atom stereocenters. The van der Waals surface area contributed by atoms with Crippen LogP contribution in [0.2, 0.25) is 0 Å². The Labute approximate surface area is 115 Å². The van der Waals surface area contributed by atoms with Crippen molar-refractivity contribution < 1.29 is 9.53 Å². The molecule has 0 fully saturated rings. The lowest BCUT2D eigenvalue weighted by molar-refractivity contribution is -0.118. The molecule has 0 aliphatic carbocycles. The third-order valence-electron chi connectivity index (χ3n) is 1.84. The molecule has 0 saturated heterocycles. The number of amides is 1. The molecule has 18 heavy (non-hydrogen) atoms. The fourth-order valence-electron chi connectivity index (χ4n) is 1.08. The van der Waals surface area contributed by atoms with Gasteiger partial charge in [-0.1, -0.05) is 23.1 Å². The van der Waals surface area contributed by atoms with Gasteiger partial charge in [-0.05, 0) is 20.3 Å². The van der Waals surface area contributed by atoms with Gasteiger partial charge in [0.25, 0.3) is 0 Å². The summed E-state index contributed by atoms with van der Waals surface area (Å²) in [6, 6.07) is 0. The van der Waals surface area contributed by atoms with Crippen molar-refractivity contribution in [3.63, 3.8) is 0 Å². The van der Waals surface area contributed by atoms with Crippen molar-refractivity contribution in [2.75, 3.05) is 24.6 Å². The van der Waals surface area contributed by atoms with Crippen LogP contribution in [0.15, 0.2) is 4.34 Å². The number of hydrogen-bond acceptors (Lipinski definition) is 7. The summed E-state index contributed by atoms with van der Waals surface area (Å²) in [4.78, 5) is 11.5. The number of carbonyl (C=O) groups is 1. The van der Waals surface area contributed by atoms with E-state index in [-0.39, 0.29) is 12.0 Å². The lowest BCUT2D eigenvalue weighted by atomic mass is 10.4. The van der Waals surface area contributed by atoms with E-state index in [2.05, 4.69) is 15.5 Å². The topological polar surface area (TPSA) is 90.1 Å². The summed E-state index contributed by atoms with van der Waals surface area (Å²) in [6.45, 7) is 5.27. The molecule has 0 spiro atoms. The second kappa shape index (κ2) is 8.28.